The second-order valence-corrected chi connectivity index (χ2v) is 11.3. The van der Waals surface area contributed by atoms with Crippen LogP contribution in [0.4, 0.5) is 4.79 Å². The minimum absolute atomic E-state index is 0.0456. The van der Waals surface area contributed by atoms with Crippen molar-refractivity contribution in [2.45, 2.75) is 51.1 Å². The molecule has 3 aromatic rings. The molecule has 0 spiro atoms. The Kier molecular flexibility index (Phi) is 7.59. The van der Waals surface area contributed by atoms with Gasteiger partial charge in [0.25, 0.3) is 0 Å². The van der Waals surface area contributed by atoms with Crippen molar-refractivity contribution in [2.24, 2.45) is 0 Å². The second kappa shape index (κ2) is 10.2. The summed E-state index contributed by atoms with van der Waals surface area (Å²) >= 11 is 0. The van der Waals surface area contributed by atoms with Crippen molar-refractivity contribution in [3.05, 3.63) is 101 Å². The molecule has 0 aromatic heterocycles. The maximum Gasteiger partial charge on any atom is 0.318 e. The highest BCUT2D eigenvalue weighted by atomic mass is 32.2. The predicted molar refractivity (Wildman–Crippen MR) is 133 cm³/mol. The van der Waals surface area contributed by atoms with Crippen LogP contribution in [0, 0.1) is 6.92 Å². The number of benzene rings is 3. The number of hydrogen-bond acceptors (Lipinski definition) is 3. The minimum atomic E-state index is -3.63. The van der Waals surface area contributed by atoms with Gasteiger partial charge >= 0.3 is 6.03 Å². The van der Waals surface area contributed by atoms with Crippen molar-refractivity contribution in [3.63, 3.8) is 0 Å². The summed E-state index contributed by atoms with van der Waals surface area (Å²) in [5.74, 6) is -0.455. The van der Waals surface area contributed by atoms with Crippen LogP contribution >= 0.6 is 0 Å². The van der Waals surface area contributed by atoms with Crippen molar-refractivity contribution in [1.82, 2.24) is 10.2 Å². The third-order valence-corrected chi connectivity index (χ3v) is 7.01. The average molecular weight is 465 g/mol. The first-order chi connectivity index (χ1) is 15.5. The largest absolute Gasteiger partial charge is 0.323 e. The average Bonchev–Trinajstić information content (AvgIpc) is 2.78. The lowest BCUT2D eigenvalue weighted by Crippen LogP contribution is -2.41. The summed E-state index contributed by atoms with van der Waals surface area (Å²) in [4.78, 5) is 14.9. The molecule has 5 nitrogen and oxygen atoms in total. The van der Waals surface area contributed by atoms with Crippen molar-refractivity contribution >= 4 is 15.9 Å². The van der Waals surface area contributed by atoms with Crippen LogP contribution < -0.4 is 5.32 Å². The van der Waals surface area contributed by atoms with Gasteiger partial charge in [0.1, 0.15) is 5.88 Å². The summed E-state index contributed by atoms with van der Waals surface area (Å²) in [6, 6.07) is 24.1. The topological polar surface area (TPSA) is 66.5 Å². The summed E-state index contributed by atoms with van der Waals surface area (Å²) in [5, 5.41) is 2.61. The van der Waals surface area contributed by atoms with E-state index >= 15 is 0 Å². The fraction of sp³-hybridized carbons (Fsp3) is 0.296. The molecule has 1 N–H and O–H groups in total. The van der Waals surface area contributed by atoms with Gasteiger partial charge in [-0.25, -0.2) is 13.2 Å². The molecule has 0 aliphatic carbocycles. The molecule has 3 aromatic carbocycles. The van der Waals surface area contributed by atoms with Gasteiger partial charge < -0.3 is 10.2 Å². The fourth-order valence-corrected chi connectivity index (χ4v) is 4.46. The van der Waals surface area contributed by atoms with Gasteiger partial charge in [0.2, 0.25) is 0 Å². The van der Waals surface area contributed by atoms with Crippen molar-refractivity contribution in [1.29, 1.82) is 0 Å². The van der Waals surface area contributed by atoms with E-state index in [0.717, 1.165) is 16.7 Å². The highest BCUT2D eigenvalue weighted by molar-refractivity contribution is 7.91. The SMILES string of the molecule is Cc1ccc(S(=O)(=O)CNC(=O)N(Cc2ccccc2)Cc2ccc(C(C)(C)C)cc2)cc1. The lowest BCUT2D eigenvalue weighted by Gasteiger charge is -2.24. The third kappa shape index (κ3) is 6.93. The molecule has 3 rings (SSSR count). The lowest BCUT2D eigenvalue weighted by atomic mass is 9.87. The first-order valence-electron chi connectivity index (χ1n) is 11.0. The number of nitrogens with one attached hydrogen (secondary N) is 1. The highest BCUT2D eigenvalue weighted by Gasteiger charge is 2.20. The van der Waals surface area contributed by atoms with Crippen LogP contribution in [0.15, 0.2) is 83.8 Å². The van der Waals surface area contributed by atoms with E-state index < -0.39 is 21.7 Å². The van der Waals surface area contributed by atoms with E-state index in [1.165, 1.54) is 5.56 Å². The van der Waals surface area contributed by atoms with Gasteiger partial charge in [-0.05, 0) is 41.2 Å². The molecule has 33 heavy (non-hydrogen) atoms. The molecule has 0 atom stereocenters. The number of carbonyl (C=O) groups is 1. The zero-order chi connectivity index (χ0) is 24.1. The van der Waals surface area contributed by atoms with Gasteiger partial charge in [-0.15, -0.1) is 0 Å². The number of sulfone groups is 1. The molecule has 0 unspecified atom stereocenters. The summed E-state index contributed by atoms with van der Waals surface area (Å²) in [6.07, 6.45) is 0. The molecule has 0 radical (unpaired) electrons. The second-order valence-electron chi connectivity index (χ2n) is 9.34. The Labute approximate surface area is 197 Å². The molecular formula is C27H32N2O3S. The number of nitrogens with zero attached hydrogens (tertiary/aromatic N) is 1. The Morgan fingerprint density at radius 3 is 1.91 bits per heavy atom. The molecule has 0 saturated carbocycles. The number of hydrogen-bond donors (Lipinski definition) is 1. The normalized spacial score (nSPS) is 11.8. The van der Waals surface area contributed by atoms with Crippen LogP contribution in [0.5, 0.6) is 0 Å². The molecule has 174 valence electrons. The Hall–Kier alpha value is -3.12. The van der Waals surface area contributed by atoms with Crippen molar-refractivity contribution < 1.29 is 13.2 Å². The van der Waals surface area contributed by atoms with Gasteiger partial charge in [-0.1, -0.05) is 93.1 Å². The van der Waals surface area contributed by atoms with Gasteiger partial charge in [-0.2, -0.15) is 0 Å². The quantitative estimate of drug-likeness (QED) is 0.507. The van der Waals surface area contributed by atoms with Crippen LogP contribution in [0.25, 0.3) is 0 Å². The molecule has 0 bridgehead atoms. The first-order valence-corrected chi connectivity index (χ1v) is 12.7. The first kappa shape index (κ1) is 24.5. The van der Waals surface area contributed by atoms with E-state index in [9.17, 15) is 13.2 Å². The zero-order valence-electron chi connectivity index (χ0n) is 19.7. The minimum Gasteiger partial charge on any atom is -0.323 e. The van der Waals surface area contributed by atoms with Gasteiger partial charge in [0.05, 0.1) is 4.90 Å². The zero-order valence-corrected chi connectivity index (χ0v) is 20.5. The fourth-order valence-electron chi connectivity index (χ4n) is 3.43. The standard InChI is InChI=1S/C27H32N2O3S/c1-21-10-16-25(17-11-21)33(31,32)20-28-26(30)29(18-22-8-6-5-7-9-22)19-23-12-14-24(15-13-23)27(2,3)4/h5-17H,18-20H2,1-4H3,(H,28,30). The molecule has 0 aliphatic heterocycles. The summed E-state index contributed by atoms with van der Waals surface area (Å²) in [5.41, 5.74) is 4.19. The van der Waals surface area contributed by atoms with E-state index in [-0.39, 0.29) is 10.3 Å². The summed E-state index contributed by atoms with van der Waals surface area (Å²) in [6.45, 7) is 9.12. The number of urea groups is 1. The molecule has 6 heteroatoms. The maximum absolute atomic E-state index is 13.1. The number of aryl methyl sites for hydroxylation is 1. The number of rotatable bonds is 7. The molecular weight excluding hydrogens is 432 g/mol. The molecule has 0 fully saturated rings. The third-order valence-electron chi connectivity index (χ3n) is 5.49. The highest BCUT2D eigenvalue weighted by Crippen LogP contribution is 2.23. The van der Waals surface area contributed by atoms with Crippen LogP contribution in [0.3, 0.4) is 0 Å². The van der Waals surface area contributed by atoms with Crippen molar-refractivity contribution in [3.8, 4) is 0 Å². The number of carbonyl (C=O) groups excluding carboxylic acids is 1. The van der Waals surface area contributed by atoms with Crippen LogP contribution in [-0.2, 0) is 28.3 Å². The van der Waals surface area contributed by atoms with Gasteiger partial charge in [0, 0.05) is 13.1 Å². The van der Waals surface area contributed by atoms with E-state index in [4.69, 9.17) is 0 Å². The molecule has 0 saturated heterocycles. The Balaban J connectivity index is 1.75. The lowest BCUT2D eigenvalue weighted by molar-refractivity contribution is 0.194. The van der Waals surface area contributed by atoms with Crippen LogP contribution in [0.2, 0.25) is 0 Å². The van der Waals surface area contributed by atoms with E-state index in [2.05, 4.69) is 38.2 Å². The Bertz CT molecular complexity index is 1160. The van der Waals surface area contributed by atoms with Crippen LogP contribution in [0.1, 0.15) is 43.0 Å². The molecule has 0 aliphatic rings. The van der Waals surface area contributed by atoms with Gasteiger partial charge in [0.15, 0.2) is 9.84 Å². The number of amides is 2. The maximum atomic E-state index is 13.1. The van der Waals surface area contributed by atoms with E-state index in [1.54, 1.807) is 29.2 Å². The smallest absolute Gasteiger partial charge is 0.318 e. The Morgan fingerprint density at radius 2 is 1.36 bits per heavy atom. The van der Waals surface area contributed by atoms with Crippen LogP contribution in [-0.4, -0.2) is 25.2 Å². The van der Waals surface area contributed by atoms with Crippen molar-refractivity contribution in [2.75, 3.05) is 5.88 Å². The summed E-state index contributed by atoms with van der Waals surface area (Å²) in [7, 11) is -3.63. The van der Waals surface area contributed by atoms with Gasteiger partial charge in [-0.3, -0.25) is 0 Å². The van der Waals surface area contributed by atoms with E-state index in [1.807, 2.05) is 49.4 Å². The Morgan fingerprint density at radius 1 is 0.818 bits per heavy atom. The summed E-state index contributed by atoms with van der Waals surface area (Å²) < 4.78 is 25.4. The monoisotopic (exact) mass is 464 g/mol. The molecule has 2 amide bonds. The molecule has 0 heterocycles. The predicted octanol–water partition coefficient (Wildman–Crippen LogP) is 5.44. The van der Waals surface area contributed by atoms with E-state index in [0.29, 0.717) is 13.1 Å².